The average Bonchev–Trinajstić information content (AvgIpc) is 2.78. The summed E-state index contributed by atoms with van der Waals surface area (Å²) in [6.45, 7) is 11.0. The van der Waals surface area contributed by atoms with Crippen molar-refractivity contribution in [1.29, 1.82) is 0 Å². The zero-order valence-corrected chi connectivity index (χ0v) is 21.4. The summed E-state index contributed by atoms with van der Waals surface area (Å²) in [6.07, 6.45) is 1.34. The van der Waals surface area contributed by atoms with E-state index < -0.39 is 8.32 Å². The first-order valence-electron chi connectivity index (χ1n) is 11.5. The maximum atomic E-state index is 12.8. The van der Waals surface area contributed by atoms with Crippen molar-refractivity contribution in [3.05, 3.63) is 60.7 Å². The van der Waals surface area contributed by atoms with Crippen LogP contribution in [0.4, 0.5) is 0 Å². The molecule has 1 unspecified atom stereocenters. The minimum Gasteiger partial charge on any atom is -0.469 e. The van der Waals surface area contributed by atoms with Crippen molar-refractivity contribution in [2.24, 2.45) is 11.8 Å². The molecule has 0 bridgehead atoms. The van der Waals surface area contributed by atoms with Crippen molar-refractivity contribution in [1.82, 2.24) is 0 Å². The molecule has 2 rings (SSSR count). The number of rotatable bonds is 11. The Bertz CT molecular complexity index is 817. The second-order valence-corrected chi connectivity index (χ2v) is 14.0. The van der Waals surface area contributed by atoms with Gasteiger partial charge in [-0.25, -0.2) is 0 Å². The van der Waals surface area contributed by atoms with Crippen LogP contribution < -0.4 is 10.4 Å². The lowest BCUT2D eigenvalue weighted by molar-refractivity contribution is -0.141. The van der Waals surface area contributed by atoms with E-state index in [4.69, 9.17) is 9.16 Å². The first-order chi connectivity index (χ1) is 15.1. The van der Waals surface area contributed by atoms with Gasteiger partial charge in [-0.1, -0.05) is 95.3 Å². The molecule has 4 nitrogen and oxygen atoms in total. The molecule has 0 N–H and O–H groups in total. The number of Topliss-reactive ketones (excluding diaryl/α,β-unsaturated/α-hetero) is 1. The summed E-state index contributed by atoms with van der Waals surface area (Å²) in [5, 5.41) is 2.33. The highest BCUT2D eigenvalue weighted by molar-refractivity contribution is 6.99. The Morgan fingerprint density at radius 1 is 0.875 bits per heavy atom. The van der Waals surface area contributed by atoms with Gasteiger partial charge in [0.15, 0.2) is 0 Å². The number of esters is 1. The van der Waals surface area contributed by atoms with Crippen LogP contribution in [-0.4, -0.2) is 33.8 Å². The van der Waals surface area contributed by atoms with E-state index in [2.05, 4.69) is 69.3 Å². The molecule has 1 atom stereocenters. The van der Waals surface area contributed by atoms with Gasteiger partial charge >= 0.3 is 5.97 Å². The summed E-state index contributed by atoms with van der Waals surface area (Å²) in [4.78, 5) is 24.5. The lowest BCUT2D eigenvalue weighted by Gasteiger charge is -2.43. The zero-order valence-electron chi connectivity index (χ0n) is 20.4. The molecular weight excluding hydrogens is 416 g/mol. The van der Waals surface area contributed by atoms with Crippen LogP contribution in [0.25, 0.3) is 0 Å². The largest absolute Gasteiger partial charge is 0.469 e. The highest BCUT2D eigenvalue weighted by atomic mass is 28.4. The summed E-state index contributed by atoms with van der Waals surface area (Å²) in [5.74, 6) is -0.391. The van der Waals surface area contributed by atoms with Gasteiger partial charge in [0.25, 0.3) is 8.32 Å². The van der Waals surface area contributed by atoms with Gasteiger partial charge < -0.3 is 9.16 Å². The smallest absolute Gasteiger partial charge is 0.305 e. The lowest BCUT2D eigenvalue weighted by atomic mass is 9.89. The highest BCUT2D eigenvalue weighted by Crippen LogP contribution is 2.37. The van der Waals surface area contributed by atoms with Gasteiger partial charge in [0, 0.05) is 24.9 Å². The standard InChI is InChI=1S/C27H38O4Si/c1-21(2)26(29)22(17-18-25(28)30-6)19-20-31-32(27(3,4)5,23-13-9-7-10-14-23)24-15-11-8-12-16-24/h7-16,21-22H,17-20H2,1-6H3. The molecule has 0 aliphatic carbocycles. The molecule has 5 heteroatoms. The van der Waals surface area contributed by atoms with E-state index in [0.29, 0.717) is 19.4 Å². The number of carbonyl (C=O) groups excluding carboxylic acids is 2. The molecule has 0 radical (unpaired) electrons. The van der Waals surface area contributed by atoms with Crippen LogP contribution in [0.5, 0.6) is 0 Å². The zero-order chi connectivity index (χ0) is 23.8. The number of ether oxygens (including phenoxy) is 1. The van der Waals surface area contributed by atoms with E-state index in [9.17, 15) is 9.59 Å². The minimum atomic E-state index is -2.63. The first kappa shape index (κ1) is 26.0. The fraction of sp³-hybridized carbons (Fsp3) is 0.481. The Balaban J connectivity index is 2.35. The number of hydrogen-bond acceptors (Lipinski definition) is 4. The molecule has 0 saturated heterocycles. The van der Waals surface area contributed by atoms with Crippen molar-refractivity contribution in [2.45, 2.75) is 58.9 Å². The van der Waals surface area contributed by atoms with E-state index in [1.54, 1.807) is 0 Å². The van der Waals surface area contributed by atoms with Gasteiger partial charge in [-0.2, -0.15) is 0 Å². The molecule has 174 valence electrons. The van der Waals surface area contributed by atoms with Crippen LogP contribution in [-0.2, 0) is 18.8 Å². The third-order valence-electron chi connectivity index (χ3n) is 6.10. The van der Waals surface area contributed by atoms with E-state index in [-0.39, 0.29) is 35.0 Å². The van der Waals surface area contributed by atoms with E-state index >= 15 is 0 Å². The molecule has 0 aliphatic rings. The summed E-state index contributed by atoms with van der Waals surface area (Å²) in [7, 11) is -1.25. The number of hydrogen-bond donors (Lipinski definition) is 0. The summed E-state index contributed by atoms with van der Waals surface area (Å²) >= 11 is 0. The van der Waals surface area contributed by atoms with E-state index in [1.807, 2.05) is 26.0 Å². The van der Waals surface area contributed by atoms with Crippen LogP contribution in [0, 0.1) is 11.8 Å². The minimum absolute atomic E-state index is 0.0782. The average molecular weight is 455 g/mol. The molecule has 0 fully saturated rings. The van der Waals surface area contributed by atoms with Crippen molar-refractivity contribution in [3.63, 3.8) is 0 Å². The lowest BCUT2D eigenvalue weighted by Crippen LogP contribution is -2.66. The van der Waals surface area contributed by atoms with E-state index in [0.717, 1.165) is 0 Å². The molecule has 0 spiro atoms. The normalized spacial score (nSPS) is 13.1. The molecule has 32 heavy (non-hydrogen) atoms. The van der Waals surface area contributed by atoms with Crippen molar-refractivity contribution >= 4 is 30.4 Å². The van der Waals surface area contributed by atoms with Crippen LogP contribution in [0.2, 0.25) is 5.04 Å². The maximum Gasteiger partial charge on any atom is 0.305 e. The number of carbonyl (C=O) groups is 2. The number of ketones is 1. The first-order valence-corrected chi connectivity index (χ1v) is 13.4. The van der Waals surface area contributed by atoms with Crippen molar-refractivity contribution in [2.75, 3.05) is 13.7 Å². The molecule has 0 aliphatic heterocycles. The summed E-state index contributed by atoms with van der Waals surface area (Å²) < 4.78 is 11.7. The number of benzene rings is 2. The van der Waals surface area contributed by atoms with Crippen LogP contribution in [0.3, 0.4) is 0 Å². The van der Waals surface area contributed by atoms with Crippen LogP contribution in [0.1, 0.15) is 53.9 Å². The Hall–Kier alpha value is -2.24. The van der Waals surface area contributed by atoms with Gasteiger partial charge in [0.05, 0.1) is 7.11 Å². The van der Waals surface area contributed by atoms with E-state index in [1.165, 1.54) is 17.5 Å². The Morgan fingerprint density at radius 3 is 1.78 bits per heavy atom. The Kier molecular flexibility index (Phi) is 9.41. The van der Waals surface area contributed by atoms with Crippen LogP contribution in [0.15, 0.2) is 60.7 Å². The summed E-state index contributed by atoms with van der Waals surface area (Å²) in [5.41, 5.74) is 0. The SMILES string of the molecule is COC(=O)CCC(CCO[Si](c1ccccc1)(c1ccccc1)C(C)(C)C)C(=O)C(C)C. The maximum absolute atomic E-state index is 12.8. The number of methoxy groups -OCH3 is 1. The molecule has 0 heterocycles. The molecule has 0 amide bonds. The molecule has 2 aromatic rings. The quantitative estimate of drug-likeness (QED) is 0.363. The van der Waals surface area contributed by atoms with Gasteiger partial charge in [0.2, 0.25) is 0 Å². The predicted octanol–water partition coefficient (Wildman–Crippen LogP) is 4.75. The Labute approximate surface area is 194 Å². The van der Waals surface area contributed by atoms with Gasteiger partial charge in [0.1, 0.15) is 5.78 Å². The molecule has 2 aromatic carbocycles. The molecule has 0 aromatic heterocycles. The second kappa shape index (κ2) is 11.6. The molecular formula is C27H38O4Si. The third kappa shape index (κ3) is 6.17. The Morgan fingerprint density at radius 2 is 1.38 bits per heavy atom. The van der Waals surface area contributed by atoms with Crippen molar-refractivity contribution in [3.8, 4) is 0 Å². The van der Waals surface area contributed by atoms with Crippen LogP contribution >= 0.6 is 0 Å². The fourth-order valence-corrected chi connectivity index (χ4v) is 8.99. The highest BCUT2D eigenvalue weighted by Gasteiger charge is 2.50. The van der Waals surface area contributed by atoms with Crippen molar-refractivity contribution < 1.29 is 18.8 Å². The topological polar surface area (TPSA) is 52.6 Å². The third-order valence-corrected chi connectivity index (χ3v) is 11.1. The van der Waals surface area contributed by atoms with Gasteiger partial charge in [-0.15, -0.1) is 0 Å². The predicted molar refractivity (Wildman–Crippen MR) is 133 cm³/mol. The monoisotopic (exact) mass is 454 g/mol. The molecule has 0 saturated carbocycles. The fourth-order valence-electron chi connectivity index (χ4n) is 4.41. The summed E-state index contributed by atoms with van der Waals surface area (Å²) in [6, 6.07) is 21.0. The van der Waals surface area contributed by atoms with Gasteiger partial charge in [-0.05, 0) is 28.3 Å². The second-order valence-electron chi connectivity index (χ2n) is 9.67. The van der Waals surface area contributed by atoms with Gasteiger partial charge in [-0.3, -0.25) is 9.59 Å².